The number of benzene rings is 1. The average molecular weight is 349 g/mol. The van der Waals surface area contributed by atoms with Crippen LogP contribution in [0.3, 0.4) is 0 Å². The van der Waals surface area contributed by atoms with Gasteiger partial charge in [0.15, 0.2) is 0 Å². The van der Waals surface area contributed by atoms with Crippen molar-refractivity contribution in [3.8, 4) is 0 Å². The van der Waals surface area contributed by atoms with Gasteiger partial charge >= 0.3 is 0 Å². The first-order chi connectivity index (χ1) is 11.1. The van der Waals surface area contributed by atoms with Crippen molar-refractivity contribution in [2.24, 2.45) is 0 Å². The van der Waals surface area contributed by atoms with Crippen LogP contribution in [0.2, 0.25) is 5.02 Å². The molecule has 1 aliphatic rings. The second kappa shape index (κ2) is 7.47. The van der Waals surface area contributed by atoms with E-state index in [-0.39, 0.29) is 5.91 Å². The summed E-state index contributed by atoms with van der Waals surface area (Å²) in [4.78, 5) is 15.1. The fourth-order valence-corrected chi connectivity index (χ4v) is 4.26. The third kappa shape index (κ3) is 3.94. The zero-order valence-corrected chi connectivity index (χ0v) is 14.8. The van der Waals surface area contributed by atoms with Crippen molar-refractivity contribution in [1.29, 1.82) is 0 Å². The molecule has 0 unspecified atom stereocenters. The van der Waals surface area contributed by atoms with Gasteiger partial charge in [-0.2, -0.15) is 0 Å². The van der Waals surface area contributed by atoms with E-state index in [2.05, 4.69) is 41.4 Å². The second-order valence-corrected chi connectivity index (χ2v) is 7.32. The Kier molecular flexibility index (Phi) is 5.36. The number of halogens is 1. The normalized spacial score (nSPS) is 18.3. The summed E-state index contributed by atoms with van der Waals surface area (Å²) in [5, 5.41) is 5.34. The van der Waals surface area contributed by atoms with Gasteiger partial charge in [-0.25, -0.2) is 0 Å². The van der Waals surface area contributed by atoms with Crippen LogP contribution in [0.1, 0.15) is 33.1 Å². The Morgan fingerprint density at radius 3 is 2.96 bits per heavy atom. The fourth-order valence-electron chi connectivity index (χ4n) is 3.20. The number of carbonyl (C=O) groups is 1. The van der Waals surface area contributed by atoms with Gasteiger partial charge in [-0.1, -0.05) is 35.9 Å². The van der Waals surface area contributed by atoms with E-state index in [9.17, 15) is 4.79 Å². The Morgan fingerprint density at radius 1 is 1.39 bits per heavy atom. The molecule has 1 aromatic heterocycles. The molecule has 23 heavy (non-hydrogen) atoms. The molecule has 1 aromatic carbocycles. The third-order valence-electron chi connectivity index (χ3n) is 4.44. The topological polar surface area (TPSA) is 32.3 Å². The maximum atomic E-state index is 12.0. The van der Waals surface area contributed by atoms with Crippen LogP contribution in [0.15, 0.2) is 35.7 Å². The van der Waals surface area contributed by atoms with Crippen LogP contribution in [0, 0.1) is 6.92 Å². The fraction of sp³-hybridized carbons (Fsp3) is 0.389. The Bertz CT molecular complexity index is 685. The Balaban J connectivity index is 1.47. The maximum Gasteiger partial charge on any atom is 0.262 e. The first-order valence-corrected chi connectivity index (χ1v) is 9.20. The highest BCUT2D eigenvalue weighted by molar-refractivity contribution is 7.12. The highest BCUT2D eigenvalue weighted by Gasteiger charge is 2.24. The van der Waals surface area contributed by atoms with Crippen LogP contribution in [0.5, 0.6) is 0 Å². The van der Waals surface area contributed by atoms with Crippen molar-refractivity contribution in [2.45, 2.75) is 19.3 Å². The molecule has 1 N–H and O–H groups in total. The molecule has 2 heterocycles. The summed E-state index contributed by atoms with van der Waals surface area (Å²) < 4.78 is 0. The molecule has 0 spiro atoms. The van der Waals surface area contributed by atoms with E-state index in [1.165, 1.54) is 28.9 Å². The number of thiophene rings is 1. The molecule has 5 heteroatoms. The van der Waals surface area contributed by atoms with E-state index in [0.717, 1.165) is 19.6 Å². The number of rotatable bonds is 5. The lowest BCUT2D eigenvalue weighted by atomic mass is 9.94. The van der Waals surface area contributed by atoms with Crippen molar-refractivity contribution in [1.82, 2.24) is 10.2 Å². The standard InChI is InChI=1S/C18H21ClN2OS/c1-13-4-2-3-5-15(13)14-6-9-21(12-14)10-8-20-18(22)17-16(19)7-11-23-17/h2-5,7,11,14H,6,8-10,12H2,1H3,(H,20,22)/t14-/m1/s1. The smallest absolute Gasteiger partial charge is 0.262 e. The highest BCUT2D eigenvalue weighted by Crippen LogP contribution is 2.29. The largest absolute Gasteiger partial charge is 0.350 e. The lowest BCUT2D eigenvalue weighted by molar-refractivity contribution is 0.0954. The van der Waals surface area contributed by atoms with Crippen LogP contribution in [0.25, 0.3) is 0 Å². The SMILES string of the molecule is Cc1ccccc1[C@@H]1CCN(CCNC(=O)c2sccc2Cl)C1. The number of carbonyl (C=O) groups excluding carboxylic acids is 1. The number of hydrogen-bond acceptors (Lipinski definition) is 3. The lowest BCUT2D eigenvalue weighted by Gasteiger charge is -2.17. The predicted molar refractivity (Wildman–Crippen MR) is 96.6 cm³/mol. The molecular formula is C18H21ClN2OS. The number of hydrogen-bond donors (Lipinski definition) is 1. The Hall–Kier alpha value is -1.36. The molecule has 0 radical (unpaired) electrons. The zero-order chi connectivity index (χ0) is 16.2. The first-order valence-electron chi connectivity index (χ1n) is 7.94. The van der Waals surface area contributed by atoms with Gasteiger partial charge in [-0.05, 0) is 48.4 Å². The van der Waals surface area contributed by atoms with E-state index in [4.69, 9.17) is 11.6 Å². The van der Waals surface area contributed by atoms with Gasteiger partial charge in [0.25, 0.3) is 5.91 Å². The Labute approximate surface area is 146 Å². The summed E-state index contributed by atoms with van der Waals surface area (Å²) in [6.45, 7) is 5.89. The second-order valence-electron chi connectivity index (χ2n) is 6.00. The van der Waals surface area contributed by atoms with E-state index in [1.54, 1.807) is 6.07 Å². The molecule has 0 aliphatic carbocycles. The molecule has 1 atom stereocenters. The van der Waals surface area contributed by atoms with Crippen LogP contribution >= 0.6 is 22.9 Å². The highest BCUT2D eigenvalue weighted by atomic mass is 35.5. The monoisotopic (exact) mass is 348 g/mol. The summed E-state index contributed by atoms with van der Waals surface area (Å²) in [7, 11) is 0. The summed E-state index contributed by atoms with van der Waals surface area (Å²) >= 11 is 7.36. The quantitative estimate of drug-likeness (QED) is 0.887. The van der Waals surface area contributed by atoms with Gasteiger partial charge < -0.3 is 10.2 Å². The number of nitrogens with one attached hydrogen (secondary N) is 1. The number of nitrogens with zero attached hydrogens (tertiary/aromatic N) is 1. The minimum Gasteiger partial charge on any atom is -0.350 e. The summed E-state index contributed by atoms with van der Waals surface area (Å²) in [5.41, 5.74) is 2.84. The van der Waals surface area contributed by atoms with Crippen LogP contribution in [0.4, 0.5) is 0 Å². The first kappa shape index (κ1) is 16.5. The van der Waals surface area contributed by atoms with E-state index in [0.29, 0.717) is 22.4 Å². The van der Waals surface area contributed by atoms with Crippen molar-refractivity contribution in [3.05, 3.63) is 56.7 Å². The molecule has 122 valence electrons. The number of likely N-dealkylation sites (tertiary alicyclic amines) is 1. The molecule has 1 amide bonds. The summed E-state index contributed by atoms with van der Waals surface area (Å²) in [6, 6.07) is 10.4. The van der Waals surface area contributed by atoms with Gasteiger partial charge in [-0.15, -0.1) is 11.3 Å². The van der Waals surface area contributed by atoms with E-state index < -0.39 is 0 Å². The molecular weight excluding hydrogens is 328 g/mol. The molecule has 3 rings (SSSR count). The van der Waals surface area contributed by atoms with Crippen LogP contribution in [-0.4, -0.2) is 37.0 Å². The lowest BCUT2D eigenvalue weighted by Crippen LogP contribution is -2.33. The number of amides is 1. The van der Waals surface area contributed by atoms with Crippen LogP contribution < -0.4 is 5.32 Å². The van der Waals surface area contributed by atoms with E-state index in [1.807, 2.05) is 5.38 Å². The number of aryl methyl sites for hydroxylation is 1. The maximum absolute atomic E-state index is 12.0. The third-order valence-corrected chi connectivity index (χ3v) is 5.78. The van der Waals surface area contributed by atoms with Gasteiger partial charge in [-0.3, -0.25) is 4.79 Å². The predicted octanol–water partition coefficient (Wildman–Crippen LogP) is 3.93. The Morgan fingerprint density at radius 2 is 2.22 bits per heavy atom. The zero-order valence-electron chi connectivity index (χ0n) is 13.2. The van der Waals surface area contributed by atoms with Crippen molar-refractivity contribution in [2.75, 3.05) is 26.2 Å². The summed E-state index contributed by atoms with van der Waals surface area (Å²) in [5.74, 6) is 0.540. The van der Waals surface area contributed by atoms with Gasteiger partial charge in [0.2, 0.25) is 0 Å². The average Bonchev–Trinajstić information content (AvgIpc) is 3.17. The van der Waals surface area contributed by atoms with E-state index >= 15 is 0 Å². The van der Waals surface area contributed by atoms with Crippen molar-refractivity contribution < 1.29 is 4.79 Å². The van der Waals surface area contributed by atoms with Crippen molar-refractivity contribution >= 4 is 28.8 Å². The molecule has 1 saturated heterocycles. The molecule has 0 saturated carbocycles. The minimum absolute atomic E-state index is 0.0698. The molecule has 1 aliphatic heterocycles. The van der Waals surface area contributed by atoms with Gasteiger partial charge in [0.1, 0.15) is 4.88 Å². The van der Waals surface area contributed by atoms with Gasteiger partial charge in [0, 0.05) is 19.6 Å². The molecule has 1 fully saturated rings. The molecule has 2 aromatic rings. The van der Waals surface area contributed by atoms with Gasteiger partial charge in [0.05, 0.1) is 5.02 Å². The summed E-state index contributed by atoms with van der Waals surface area (Å²) in [6.07, 6.45) is 1.19. The molecule has 0 bridgehead atoms. The minimum atomic E-state index is -0.0698. The van der Waals surface area contributed by atoms with Crippen molar-refractivity contribution in [3.63, 3.8) is 0 Å². The molecule has 3 nitrogen and oxygen atoms in total. The van der Waals surface area contributed by atoms with Crippen LogP contribution in [-0.2, 0) is 0 Å².